The van der Waals surface area contributed by atoms with Crippen molar-refractivity contribution >= 4 is 32.5 Å². The summed E-state index contributed by atoms with van der Waals surface area (Å²) in [7, 11) is 0. The molecule has 0 unspecified atom stereocenters. The molecule has 0 radical (unpaired) electrons. The van der Waals surface area contributed by atoms with E-state index in [0.29, 0.717) is 0 Å². The number of fused-ring (bicyclic) bond motifs is 1. The maximum Gasteiger partial charge on any atom is 0.133 e. The number of nitrogens with one attached hydrogen (secondary N) is 2. The minimum atomic E-state index is 0.755. The molecular formula is C15H18BrN3. The zero-order chi connectivity index (χ0) is 13.1. The van der Waals surface area contributed by atoms with Crippen LogP contribution in [0.3, 0.4) is 0 Å². The number of hydrogen-bond acceptors (Lipinski definition) is 3. The average molecular weight is 320 g/mol. The molecule has 100 valence electrons. The Bertz CT molecular complexity index is 564. The Kier molecular flexibility index (Phi) is 3.99. The summed E-state index contributed by atoms with van der Waals surface area (Å²) in [4.78, 5) is 4.48. The largest absolute Gasteiger partial charge is 0.369 e. The van der Waals surface area contributed by atoms with Gasteiger partial charge in [0.25, 0.3) is 0 Å². The Morgan fingerprint density at radius 2 is 2.05 bits per heavy atom. The Hall–Kier alpha value is -1.13. The van der Waals surface area contributed by atoms with Crippen molar-refractivity contribution in [3.8, 4) is 0 Å². The standard InChI is InChI=1S/C15H18BrN3/c16-14-3-1-2-13-12(14)6-9-18-15(13)19-10-11-4-7-17-8-5-11/h1-3,6,9,11,17H,4-5,7-8,10H2,(H,18,19). The van der Waals surface area contributed by atoms with Crippen molar-refractivity contribution in [2.75, 3.05) is 25.0 Å². The number of hydrogen-bond donors (Lipinski definition) is 2. The summed E-state index contributed by atoms with van der Waals surface area (Å²) in [6.07, 6.45) is 4.38. The fourth-order valence-corrected chi connectivity index (χ4v) is 3.13. The van der Waals surface area contributed by atoms with Crippen LogP contribution >= 0.6 is 15.9 Å². The van der Waals surface area contributed by atoms with Crippen molar-refractivity contribution in [1.82, 2.24) is 10.3 Å². The second-order valence-corrected chi connectivity index (χ2v) is 5.92. The topological polar surface area (TPSA) is 37.0 Å². The first-order valence-electron chi connectivity index (χ1n) is 6.82. The van der Waals surface area contributed by atoms with Crippen LogP contribution in [-0.2, 0) is 0 Å². The third-order valence-electron chi connectivity index (χ3n) is 3.77. The number of benzene rings is 1. The van der Waals surface area contributed by atoms with Crippen molar-refractivity contribution < 1.29 is 0 Å². The van der Waals surface area contributed by atoms with Gasteiger partial charge in [0.05, 0.1) is 0 Å². The van der Waals surface area contributed by atoms with E-state index in [1.165, 1.54) is 23.6 Å². The fourth-order valence-electron chi connectivity index (χ4n) is 2.64. The van der Waals surface area contributed by atoms with E-state index in [1.54, 1.807) is 0 Å². The zero-order valence-electron chi connectivity index (χ0n) is 10.8. The molecule has 19 heavy (non-hydrogen) atoms. The number of pyridine rings is 1. The lowest BCUT2D eigenvalue weighted by Gasteiger charge is -2.23. The van der Waals surface area contributed by atoms with E-state index in [9.17, 15) is 0 Å². The predicted octanol–water partition coefficient (Wildman–Crippen LogP) is 3.41. The summed E-state index contributed by atoms with van der Waals surface area (Å²) in [5.74, 6) is 1.75. The summed E-state index contributed by atoms with van der Waals surface area (Å²) in [6.45, 7) is 3.29. The molecule has 1 aromatic carbocycles. The monoisotopic (exact) mass is 319 g/mol. The van der Waals surface area contributed by atoms with E-state index in [4.69, 9.17) is 0 Å². The predicted molar refractivity (Wildman–Crippen MR) is 83.5 cm³/mol. The van der Waals surface area contributed by atoms with Gasteiger partial charge in [0.2, 0.25) is 0 Å². The van der Waals surface area contributed by atoms with Gasteiger partial charge in [-0.05, 0) is 44.0 Å². The normalized spacial score (nSPS) is 16.7. The van der Waals surface area contributed by atoms with Crippen LogP contribution in [0.1, 0.15) is 12.8 Å². The maximum absolute atomic E-state index is 4.48. The summed E-state index contributed by atoms with van der Waals surface area (Å²) >= 11 is 3.59. The van der Waals surface area contributed by atoms with E-state index < -0.39 is 0 Å². The van der Waals surface area contributed by atoms with Crippen molar-refractivity contribution in [2.24, 2.45) is 5.92 Å². The van der Waals surface area contributed by atoms with Crippen LogP contribution in [0.5, 0.6) is 0 Å². The van der Waals surface area contributed by atoms with E-state index in [2.05, 4.69) is 55.8 Å². The molecule has 4 heteroatoms. The highest BCUT2D eigenvalue weighted by molar-refractivity contribution is 9.10. The molecule has 2 N–H and O–H groups in total. The molecule has 0 saturated carbocycles. The van der Waals surface area contributed by atoms with E-state index in [-0.39, 0.29) is 0 Å². The molecule has 1 aliphatic rings. The van der Waals surface area contributed by atoms with Gasteiger partial charge in [-0.25, -0.2) is 4.98 Å². The van der Waals surface area contributed by atoms with Crippen LogP contribution in [0.25, 0.3) is 10.8 Å². The number of piperidine rings is 1. The molecule has 3 nitrogen and oxygen atoms in total. The first-order valence-corrected chi connectivity index (χ1v) is 7.62. The van der Waals surface area contributed by atoms with Gasteiger partial charge in [0, 0.05) is 28.0 Å². The maximum atomic E-state index is 4.48. The summed E-state index contributed by atoms with van der Waals surface area (Å²) in [5.41, 5.74) is 0. The van der Waals surface area contributed by atoms with Crippen molar-refractivity contribution in [1.29, 1.82) is 0 Å². The number of anilines is 1. The van der Waals surface area contributed by atoms with Crippen molar-refractivity contribution in [3.05, 3.63) is 34.9 Å². The molecule has 0 amide bonds. The van der Waals surface area contributed by atoms with Crippen LogP contribution in [0.15, 0.2) is 34.9 Å². The molecule has 1 aliphatic heterocycles. The zero-order valence-corrected chi connectivity index (χ0v) is 12.4. The van der Waals surface area contributed by atoms with Gasteiger partial charge in [0.15, 0.2) is 0 Å². The van der Waals surface area contributed by atoms with Gasteiger partial charge >= 0.3 is 0 Å². The highest BCUT2D eigenvalue weighted by Gasteiger charge is 2.13. The SMILES string of the molecule is Brc1cccc2c(NCC3CCNCC3)nccc12. The molecule has 2 aromatic rings. The third kappa shape index (κ3) is 2.90. The van der Waals surface area contributed by atoms with Gasteiger partial charge in [0.1, 0.15) is 5.82 Å². The van der Waals surface area contributed by atoms with Crippen LogP contribution in [0.2, 0.25) is 0 Å². The molecule has 3 rings (SSSR count). The van der Waals surface area contributed by atoms with Gasteiger partial charge in [-0.1, -0.05) is 28.1 Å². The van der Waals surface area contributed by atoms with Crippen molar-refractivity contribution in [3.63, 3.8) is 0 Å². The highest BCUT2D eigenvalue weighted by atomic mass is 79.9. The third-order valence-corrected chi connectivity index (χ3v) is 4.46. The first kappa shape index (κ1) is 12.9. The number of aromatic nitrogens is 1. The number of nitrogens with zero attached hydrogens (tertiary/aromatic N) is 1. The van der Waals surface area contributed by atoms with Crippen LogP contribution in [0, 0.1) is 5.92 Å². The molecule has 0 atom stereocenters. The Morgan fingerprint density at radius 3 is 2.89 bits per heavy atom. The molecule has 0 spiro atoms. The van der Waals surface area contributed by atoms with Crippen LogP contribution in [0.4, 0.5) is 5.82 Å². The molecular weight excluding hydrogens is 302 g/mol. The summed E-state index contributed by atoms with van der Waals surface area (Å²) in [5, 5.41) is 9.32. The van der Waals surface area contributed by atoms with Gasteiger partial charge in [-0.2, -0.15) is 0 Å². The second-order valence-electron chi connectivity index (χ2n) is 5.07. The summed E-state index contributed by atoms with van der Waals surface area (Å²) in [6, 6.07) is 8.30. The van der Waals surface area contributed by atoms with Gasteiger partial charge < -0.3 is 10.6 Å². The Balaban J connectivity index is 1.79. The fraction of sp³-hybridized carbons (Fsp3) is 0.400. The lowest BCUT2D eigenvalue weighted by Crippen LogP contribution is -2.31. The highest BCUT2D eigenvalue weighted by Crippen LogP contribution is 2.27. The lowest BCUT2D eigenvalue weighted by molar-refractivity contribution is 0.389. The van der Waals surface area contributed by atoms with E-state index >= 15 is 0 Å². The lowest BCUT2D eigenvalue weighted by atomic mass is 9.98. The molecule has 1 aromatic heterocycles. The van der Waals surface area contributed by atoms with Crippen LogP contribution in [-0.4, -0.2) is 24.6 Å². The van der Waals surface area contributed by atoms with Crippen molar-refractivity contribution in [2.45, 2.75) is 12.8 Å². The van der Waals surface area contributed by atoms with E-state index in [1.807, 2.05) is 6.20 Å². The average Bonchev–Trinajstić information content (AvgIpc) is 2.47. The smallest absolute Gasteiger partial charge is 0.133 e. The van der Waals surface area contributed by atoms with Gasteiger partial charge in [-0.15, -0.1) is 0 Å². The van der Waals surface area contributed by atoms with Gasteiger partial charge in [-0.3, -0.25) is 0 Å². The summed E-state index contributed by atoms with van der Waals surface area (Å²) < 4.78 is 1.12. The number of halogens is 1. The number of rotatable bonds is 3. The quantitative estimate of drug-likeness (QED) is 0.910. The molecule has 1 fully saturated rings. The minimum absolute atomic E-state index is 0.755. The Labute approximate surface area is 121 Å². The first-order chi connectivity index (χ1) is 9.34. The van der Waals surface area contributed by atoms with Crippen LogP contribution < -0.4 is 10.6 Å². The minimum Gasteiger partial charge on any atom is -0.369 e. The van der Waals surface area contributed by atoms with E-state index in [0.717, 1.165) is 35.8 Å². The molecule has 0 bridgehead atoms. The Morgan fingerprint density at radius 1 is 1.21 bits per heavy atom. The molecule has 2 heterocycles. The molecule has 0 aliphatic carbocycles. The molecule has 1 saturated heterocycles. The second kappa shape index (κ2) is 5.88.